The Labute approximate surface area is 353 Å². The first kappa shape index (κ1) is 39.9. The minimum Gasteiger partial charge on any atom is -0.383 e. The normalized spacial score (nSPS) is 36.7. The van der Waals surface area contributed by atoms with Crippen molar-refractivity contribution in [3.63, 3.8) is 0 Å². The Morgan fingerprint density at radius 2 is 1.48 bits per heavy atom. The number of benzene rings is 3. The molecule has 6 aliphatic carbocycles. The second-order valence-corrected chi connectivity index (χ2v) is 20.8. The van der Waals surface area contributed by atoms with Gasteiger partial charge in [0.15, 0.2) is 0 Å². The average Bonchev–Trinajstić information content (AvgIpc) is 3.42. The van der Waals surface area contributed by atoms with Crippen LogP contribution < -0.4 is 5.32 Å². The summed E-state index contributed by atoms with van der Waals surface area (Å²) < 4.78 is 0. The Kier molecular flexibility index (Phi) is 11.6. The number of hydrogen-bond acceptors (Lipinski definition) is 1. The summed E-state index contributed by atoms with van der Waals surface area (Å²) >= 11 is 0. The molecule has 3 aromatic carbocycles. The van der Waals surface area contributed by atoms with Crippen molar-refractivity contribution in [2.75, 3.05) is 0 Å². The Morgan fingerprint density at radius 3 is 2.31 bits per heavy atom. The fourth-order valence-electron chi connectivity index (χ4n) is 14.0. The lowest BCUT2D eigenvalue weighted by Gasteiger charge is -2.46. The van der Waals surface area contributed by atoms with Crippen LogP contribution in [0.5, 0.6) is 0 Å². The van der Waals surface area contributed by atoms with Crippen LogP contribution >= 0.6 is 0 Å². The van der Waals surface area contributed by atoms with Crippen molar-refractivity contribution in [1.29, 1.82) is 0 Å². The van der Waals surface area contributed by atoms with Crippen molar-refractivity contribution in [3.8, 4) is 0 Å². The third-order valence-electron chi connectivity index (χ3n) is 17.4. The standard InChI is InChI=1S/C57H73N/c1-37-27-30-48-50-25-15-17-38(2)56(50)40(4)52(48)36-51(37)49-32-29-46(35-54(49)42-20-11-8-12-21-42)58-45-28-31-47(53(34-45)41-18-9-7-10-19-41)44-24-16-23-43-22-13-14-26-55(43)57(5,6)39(3)33-44/h7,9-11,13-15,17-20,22,25-26,28,31,33-34,37,40,42,44,46-49,51-54,58H,8,12,16,21,23-24,27,29-30,32,35-36H2,1-6H3/b39-33+/t37-,40-,42?,44?,46?,47?,48?,49?,51?,52?,53?,54?/m0/s1. The topological polar surface area (TPSA) is 12.0 Å². The van der Waals surface area contributed by atoms with E-state index in [1.54, 1.807) is 11.1 Å². The van der Waals surface area contributed by atoms with Crippen LogP contribution in [0.25, 0.3) is 0 Å². The summed E-state index contributed by atoms with van der Waals surface area (Å²) in [5.41, 5.74) is 12.4. The lowest BCUT2D eigenvalue weighted by Crippen LogP contribution is -2.43. The molecule has 1 heteroatoms. The van der Waals surface area contributed by atoms with Gasteiger partial charge in [0, 0.05) is 23.1 Å². The van der Waals surface area contributed by atoms with Gasteiger partial charge in [-0.25, -0.2) is 0 Å². The van der Waals surface area contributed by atoms with Crippen LogP contribution in [0.4, 0.5) is 0 Å². The number of aryl methyl sites for hydroxylation is 2. The number of allylic oxidation sites excluding steroid dienone is 7. The first-order chi connectivity index (χ1) is 28.2. The molecule has 0 amide bonds. The summed E-state index contributed by atoms with van der Waals surface area (Å²) in [6.45, 7) is 14.9. The van der Waals surface area contributed by atoms with Crippen molar-refractivity contribution in [2.45, 2.75) is 148 Å². The first-order valence-electron chi connectivity index (χ1n) is 23.9. The van der Waals surface area contributed by atoms with Gasteiger partial charge in [0.25, 0.3) is 0 Å². The third-order valence-corrected chi connectivity index (χ3v) is 17.4. The lowest BCUT2D eigenvalue weighted by atomic mass is 9.60. The van der Waals surface area contributed by atoms with E-state index in [1.807, 2.05) is 0 Å². The number of nitrogens with one attached hydrogen (secondary N) is 1. The van der Waals surface area contributed by atoms with Gasteiger partial charge in [0.1, 0.15) is 0 Å². The zero-order valence-electron chi connectivity index (χ0n) is 36.8. The summed E-state index contributed by atoms with van der Waals surface area (Å²) in [4.78, 5) is 0. The monoisotopic (exact) mass is 772 g/mol. The third kappa shape index (κ3) is 7.67. The molecule has 306 valence electrons. The molecule has 0 saturated heterocycles. The zero-order valence-corrected chi connectivity index (χ0v) is 36.8. The van der Waals surface area contributed by atoms with Gasteiger partial charge in [-0.3, -0.25) is 0 Å². The van der Waals surface area contributed by atoms with Crippen LogP contribution in [0.3, 0.4) is 0 Å². The molecule has 3 aromatic rings. The average molecular weight is 772 g/mol. The molecule has 9 rings (SSSR count). The molecule has 2 saturated carbocycles. The fourth-order valence-corrected chi connectivity index (χ4v) is 14.0. The van der Waals surface area contributed by atoms with Crippen LogP contribution in [0, 0.1) is 54.3 Å². The molecule has 0 aromatic heterocycles. The number of fused-ring (bicyclic) bond motifs is 4. The lowest BCUT2D eigenvalue weighted by molar-refractivity contribution is 0.0619. The van der Waals surface area contributed by atoms with Gasteiger partial charge >= 0.3 is 0 Å². The summed E-state index contributed by atoms with van der Waals surface area (Å²) in [6.07, 6.45) is 31.5. The quantitative estimate of drug-likeness (QED) is 0.246. The first-order valence-corrected chi connectivity index (χ1v) is 23.9. The number of rotatable bonds is 6. The van der Waals surface area contributed by atoms with Crippen LogP contribution in [0.1, 0.15) is 156 Å². The van der Waals surface area contributed by atoms with Crippen LogP contribution in [-0.2, 0) is 11.8 Å². The molecule has 0 aliphatic heterocycles. The van der Waals surface area contributed by atoms with Gasteiger partial charge in [-0.1, -0.05) is 136 Å². The second-order valence-electron chi connectivity index (χ2n) is 20.8. The van der Waals surface area contributed by atoms with Crippen molar-refractivity contribution in [2.24, 2.45) is 47.3 Å². The Bertz CT molecular complexity index is 2020. The van der Waals surface area contributed by atoms with Crippen LogP contribution in [0.2, 0.25) is 0 Å². The second kappa shape index (κ2) is 16.8. The smallest absolute Gasteiger partial charge is 0.0305 e. The molecular formula is C57H73N. The van der Waals surface area contributed by atoms with Gasteiger partial charge in [0.05, 0.1) is 0 Å². The van der Waals surface area contributed by atoms with Gasteiger partial charge in [0.2, 0.25) is 0 Å². The van der Waals surface area contributed by atoms with Gasteiger partial charge in [-0.2, -0.15) is 0 Å². The maximum atomic E-state index is 4.26. The van der Waals surface area contributed by atoms with Crippen molar-refractivity contribution in [1.82, 2.24) is 5.32 Å². The molecule has 6 aliphatic rings. The van der Waals surface area contributed by atoms with Crippen molar-refractivity contribution in [3.05, 3.63) is 154 Å². The summed E-state index contributed by atoms with van der Waals surface area (Å²) in [7, 11) is 0. The minimum absolute atomic E-state index is 0.0287. The van der Waals surface area contributed by atoms with Gasteiger partial charge in [-0.05, 0) is 190 Å². The highest BCUT2D eigenvalue weighted by Crippen LogP contribution is 2.58. The molecule has 1 N–H and O–H groups in total. The van der Waals surface area contributed by atoms with E-state index in [9.17, 15) is 0 Å². The van der Waals surface area contributed by atoms with Crippen LogP contribution in [0.15, 0.2) is 121 Å². The Morgan fingerprint density at radius 1 is 0.672 bits per heavy atom. The highest BCUT2D eigenvalue weighted by atomic mass is 14.9. The summed E-state index contributed by atoms with van der Waals surface area (Å²) in [6, 6.07) is 28.4. The SMILES string of the molecule is C/C1=C\C(C2C=CC(NC3CCC(C4CC5C(CC[C@@H]4C)c4cccc(C)c4[C@H]5C)C(C4C=CCCC4)C3)=CC2c2ccccc2)CCCc2ccccc2C1(C)C. The van der Waals surface area contributed by atoms with E-state index in [-0.39, 0.29) is 5.41 Å². The molecule has 58 heavy (non-hydrogen) atoms. The molecular weight excluding hydrogens is 699 g/mol. The molecule has 12 atom stereocenters. The van der Waals surface area contributed by atoms with Crippen molar-refractivity contribution >= 4 is 0 Å². The van der Waals surface area contributed by atoms with Crippen LogP contribution in [-0.4, -0.2) is 6.04 Å². The van der Waals surface area contributed by atoms with E-state index >= 15 is 0 Å². The molecule has 0 heterocycles. The Hall–Kier alpha value is -3.58. The zero-order chi connectivity index (χ0) is 40.0. The van der Waals surface area contributed by atoms with Crippen molar-refractivity contribution < 1.29 is 0 Å². The van der Waals surface area contributed by atoms with E-state index < -0.39 is 0 Å². The highest BCUT2D eigenvalue weighted by molar-refractivity contribution is 5.45. The summed E-state index contributed by atoms with van der Waals surface area (Å²) in [5.74, 6) is 7.60. The predicted molar refractivity (Wildman–Crippen MR) is 246 cm³/mol. The minimum atomic E-state index is 0.0287. The van der Waals surface area contributed by atoms with E-state index in [1.165, 1.54) is 111 Å². The molecule has 10 unspecified atom stereocenters. The van der Waals surface area contributed by atoms with E-state index in [0.717, 1.165) is 41.4 Å². The maximum Gasteiger partial charge on any atom is 0.0305 e. The highest BCUT2D eigenvalue weighted by Gasteiger charge is 2.47. The molecule has 2 fully saturated rings. The maximum absolute atomic E-state index is 4.26. The molecule has 0 radical (unpaired) electrons. The van der Waals surface area contributed by atoms with E-state index in [0.29, 0.717) is 29.7 Å². The fraction of sp³-hybridized carbons (Fsp3) is 0.544. The Balaban J connectivity index is 0.960. The molecule has 0 spiro atoms. The van der Waals surface area contributed by atoms with Gasteiger partial charge in [-0.15, -0.1) is 0 Å². The predicted octanol–water partition coefficient (Wildman–Crippen LogP) is 14.7. The number of hydrogen-bond donors (Lipinski definition) is 1. The van der Waals surface area contributed by atoms with Gasteiger partial charge < -0.3 is 5.32 Å². The summed E-state index contributed by atoms with van der Waals surface area (Å²) in [5, 5.41) is 4.26. The molecule has 1 nitrogen and oxygen atoms in total. The molecule has 0 bridgehead atoms. The van der Waals surface area contributed by atoms with E-state index in [4.69, 9.17) is 0 Å². The van der Waals surface area contributed by atoms with E-state index in [2.05, 4.69) is 156 Å². The largest absolute Gasteiger partial charge is 0.383 e.